The number of nitrogens with zero attached hydrogens (tertiary/aromatic N) is 4. The number of hydrogen-bond acceptors (Lipinski definition) is 6. The Bertz CT molecular complexity index is 998. The molecule has 0 atom stereocenters. The van der Waals surface area contributed by atoms with Gasteiger partial charge in [-0.2, -0.15) is 0 Å². The molecule has 0 unspecified atom stereocenters. The molecular weight excluding hydrogens is 380 g/mol. The van der Waals surface area contributed by atoms with Crippen molar-refractivity contribution in [2.75, 3.05) is 45.3 Å². The molecular formula is C23H24N4O3. The number of aromatic nitrogens is 2. The van der Waals surface area contributed by atoms with Crippen molar-refractivity contribution in [2.45, 2.75) is 0 Å². The molecule has 154 valence electrons. The maximum absolute atomic E-state index is 12.7. The van der Waals surface area contributed by atoms with Crippen LogP contribution in [-0.4, -0.2) is 61.4 Å². The third kappa shape index (κ3) is 4.05. The second kappa shape index (κ2) is 8.82. The molecule has 1 aliphatic rings. The molecule has 1 aromatic heterocycles. The van der Waals surface area contributed by atoms with Crippen LogP contribution >= 0.6 is 0 Å². The fourth-order valence-corrected chi connectivity index (χ4v) is 3.55. The molecule has 1 fully saturated rings. The molecule has 7 heteroatoms. The largest absolute Gasteiger partial charge is 0.497 e. The molecule has 0 bridgehead atoms. The van der Waals surface area contributed by atoms with Crippen LogP contribution in [0, 0.1) is 0 Å². The zero-order chi connectivity index (χ0) is 20.9. The van der Waals surface area contributed by atoms with Gasteiger partial charge in [0.05, 0.1) is 19.9 Å². The second-order valence-electron chi connectivity index (χ2n) is 6.98. The maximum atomic E-state index is 12.7. The van der Waals surface area contributed by atoms with Crippen LogP contribution in [0.3, 0.4) is 0 Å². The quantitative estimate of drug-likeness (QED) is 0.651. The van der Waals surface area contributed by atoms with Gasteiger partial charge in [-0.05, 0) is 48.5 Å². The van der Waals surface area contributed by atoms with Crippen LogP contribution in [0.25, 0.3) is 11.3 Å². The summed E-state index contributed by atoms with van der Waals surface area (Å²) in [5.74, 6) is 2.36. The molecule has 0 N–H and O–H groups in total. The van der Waals surface area contributed by atoms with Crippen molar-refractivity contribution in [3.63, 3.8) is 0 Å². The lowest BCUT2D eigenvalue weighted by Crippen LogP contribution is -2.49. The molecule has 30 heavy (non-hydrogen) atoms. The Morgan fingerprint density at radius 3 is 2.20 bits per heavy atom. The average molecular weight is 404 g/mol. The minimum absolute atomic E-state index is 0.0370. The molecule has 2 heterocycles. The minimum atomic E-state index is 0.0370. The standard InChI is InChI=1S/C23H24N4O3/c1-29-18-9-7-17(8-10-18)23(28)27-15-13-26(14-16-27)22-12-11-20(24-25-22)19-5-3-4-6-21(19)30-2/h3-12H,13-16H2,1-2H3. The average Bonchev–Trinajstić information content (AvgIpc) is 2.84. The third-order valence-corrected chi connectivity index (χ3v) is 5.26. The Kier molecular flexibility index (Phi) is 5.79. The Labute approximate surface area is 175 Å². The van der Waals surface area contributed by atoms with E-state index >= 15 is 0 Å². The minimum Gasteiger partial charge on any atom is -0.497 e. The number of amides is 1. The van der Waals surface area contributed by atoms with Gasteiger partial charge in [0.2, 0.25) is 0 Å². The summed E-state index contributed by atoms with van der Waals surface area (Å²) in [4.78, 5) is 16.8. The molecule has 0 radical (unpaired) electrons. The van der Waals surface area contributed by atoms with Crippen LogP contribution in [0.5, 0.6) is 11.5 Å². The Balaban J connectivity index is 1.39. The number of benzene rings is 2. The van der Waals surface area contributed by atoms with E-state index in [-0.39, 0.29) is 5.91 Å². The zero-order valence-corrected chi connectivity index (χ0v) is 17.1. The second-order valence-corrected chi connectivity index (χ2v) is 6.98. The Morgan fingerprint density at radius 2 is 1.57 bits per heavy atom. The molecule has 7 nitrogen and oxygen atoms in total. The molecule has 1 aliphatic heterocycles. The smallest absolute Gasteiger partial charge is 0.253 e. The lowest BCUT2D eigenvalue weighted by atomic mass is 10.1. The highest BCUT2D eigenvalue weighted by atomic mass is 16.5. The summed E-state index contributed by atoms with van der Waals surface area (Å²) in [6, 6.07) is 18.9. The molecule has 4 rings (SSSR count). The number of anilines is 1. The molecule has 2 aromatic carbocycles. The van der Waals surface area contributed by atoms with E-state index in [1.807, 2.05) is 53.4 Å². The van der Waals surface area contributed by atoms with Crippen LogP contribution in [0.15, 0.2) is 60.7 Å². The highest BCUT2D eigenvalue weighted by Gasteiger charge is 2.23. The lowest BCUT2D eigenvalue weighted by Gasteiger charge is -2.35. The summed E-state index contributed by atoms with van der Waals surface area (Å²) in [5.41, 5.74) is 2.35. The van der Waals surface area contributed by atoms with Gasteiger partial charge in [-0.25, -0.2) is 0 Å². The van der Waals surface area contributed by atoms with E-state index in [0.717, 1.165) is 28.6 Å². The number of piperazine rings is 1. The van der Waals surface area contributed by atoms with Gasteiger partial charge in [-0.15, -0.1) is 10.2 Å². The molecule has 1 saturated heterocycles. The summed E-state index contributed by atoms with van der Waals surface area (Å²) in [5, 5.41) is 8.79. The number of ether oxygens (including phenoxy) is 2. The van der Waals surface area contributed by atoms with Crippen molar-refractivity contribution < 1.29 is 14.3 Å². The van der Waals surface area contributed by atoms with E-state index in [0.29, 0.717) is 31.7 Å². The fraction of sp³-hybridized carbons (Fsp3) is 0.261. The number of rotatable bonds is 5. The summed E-state index contributed by atoms with van der Waals surface area (Å²) in [6.45, 7) is 2.71. The van der Waals surface area contributed by atoms with E-state index < -0.39 is 0 Å². The van der Waals surface area contributed by atoms with Crippen LogP contribution in [0.1, 0.15) is 10.4 Å². The summed E-state index contributed by atoms with van der Waals surface area (Å²) in [7, 11) is 3.26. The van der Waals surface area contributed by atoms with Crippen molar-refractivity contribution >= 4 is 11.7 Å². The van der Waals surface area contributed by atoms with Gasteiger partial charge in [0, 0.05) is 37.3 Å². The Hall–Kier alpha value is -3.61. The fourth-order valence-electron chi connectivity index (χ4n) is 3.55. The SMILES string of the molecule is COc1ccc(C(=O)N2CCN(c3ccc(-c4ccccc4OC)nn3)CC2)cc1. The van der Waals surface area contributed by atoms with E-state index in [2.05, 4.69) is 15.1 Å². The first kappa shape index (κ1) is 19.7. The molecule has 0 saturated carbocycles. The first-order chi connectivity index (χ1) is 14.7. The highest BCUT2D eigenvalue weighted by molar-refractivity contribution is 5.94. The number of carbonyl (C=O) groups is 1. The van der Waals surface area contributed by atoms with Gasteiger partial charge in [-0.1, -0.05) is 12.1 Å². The van der Waals surface area contributed by atoms with Gasteiger partial charge in [0.15, 0.2) is 5.82 Å². The number of para-hydroxylation sites is 1. The van der Waals surface area contributed by atoms with Crippen molar-refractivity contribution in [3.8, 4) is 22.8 Å². The first-order valence-corrected chi connectivity index (χ1v) is 9.85. The molecule has 0 aliphatic carbocycles. The third-order valence-electron chi connectivity index (χ3n) is 5.26. The molecule has 0 spiro atoms. The first-order valence-electron chi connectivity index (χ1n) is 9.85. The zero-order valence-electron chi connectivity index (χ0n) is 17.1. The summed E-state index contributed by atoms with van der Waals surface area (Å²) in [6.07, 6.45) is 0. The van der Waals surface area contributed by atoms with Crippen LogP contribution in [0.4, 0.5) is 5.82 Å². The number of carbonyl (C=O) groups excluding carboxylic acids is 1. The normalized spacial score (nSPS) is 13.8. The van der Waals surface area contributed by atoms with Gasteiger partial charge in [0.1, 0.15) is 11.5 Å². The van der Waals surface area contributed by atoms with Crippen molar-refractivity contribution in [1.82, 2.24) is 15.1 Å². The van der Waals surface area contributed by atoms with Gasteiger partial charge in [0.25, 0.3) is 5.91 Å². The monoisotopic (exact) mass is 404 g/mol. The van der Waals surface area contributed by atoms with Crippen molar-refractivity contribution in [2.24, 2.45) is 0 Å². The predicted octanol–water partition coefficient (Wildman–Crippen LogP) is 3.12. The lowest BCUT2D eigenvalue weighted by molar-refractivity contribution is 0.0746. The van der Waals surface area contributed by atoms with E-state index in [1.54, 1.807) is 26.4 Å². The highest BCUT2D eigenvalue weighted by Crippen LogP contribution is 2.28. The van der Waals surface area contributed by atoms with Crippen LogP contribution in [-0.2, 0) is 0 Å². The predicted molar refractivity (Wildman–Crippen MR) is 115 cm³/mol. The van der Waals surface area contributed by atoms with Crippen LogP contribution < -0.4 is 14.4 Å². The van der Waals surface area contributed by atoms with E-state index in [1.165, 1.54) is 0 Å². The topological polar surface area (TPSA) is 67.8 Å². The van der Waals surface area contributed by atoms with Crippen LogP contribution in [0.2, 0.25) is 0 Å². The van der Waals surface area contributed by atoms with Gasteiger partial charge in [-0.3, -0.25) is 4.79 Å². The maximum Gasteiger partial charge on any atom is 0.253 e. The summed E-state index contributed by atoms with van der Waals surface area (Å²) < 4.78 is 10.6. The number of methoxy groups -OCH3 is 2. The van der Waals surface area contributed by atoms with E-state index in [9.17, 15) is 4.79 Å². The van der Waals surface area contributed by atoms with Gasteiger partial charge >= 0.3 is 0 Å². The number of hydrogen-bond donors (Lipinski definition) is 0. The molecule has 3 aromatic rings. The summed E-state index contributed by atoms with van der Waals surface area (Å²) >= 11 is 0. The molecule has 1 amide bonds. The van der Waals surface area contributed by atoms with Gasteiger partial charge < -0.3 is 19.3 Å². The van der Waals surface area contributed by atoms with E-state index in [4.69, 9.17) is 9.47 Å². The Morgan fingerprint density at radius 1 is 0.833 bits per heavy atom. The van der Waals surface area contributed by atoms with Crippen molar-refractivity contribution in [3.05, 3.63) is 66.2 Å². The van der Waals surface area contributed by atoms with Crippen molar-refractivity contribution in [1.29, 1.82) is 0 Å².